The molecular formula is C19H24N2O2. The van der Waals surface area contributed by atoms with Crippen LogP contribution in [0.25, 0.3) is 0 Å². The first kappa shape index (κ1) is 16.0. The highest BCUT2D eigenvalue weighted by atomic mass is 16.5. The minimum absolute atomic E-state index is 0.109. The van der Waals surface area contributed by atoms with Gasteiger partial charge in [0.2, 0.25) is 0 Å². The van der Waals surface area contributed by atoms with Gasteiger partial charge in [0.1, 0.15) is 18.0 Å². The third-order valence-electron chi connectivity index (χ3n) is 4.52. The number of nitrogens with zero attached hydrogens (tertiary/aromatic N) is 2. The topological polar surface area (TPSA) is 45.6 Å². The highest BCUT2D eigenvalue weighted by Crippen LogP contribution is 2.27. The zero-order valence-electron chi connectivity index (χ0n) is 13.5. The normalized spacial score (nSPS) is 24.6. The lowest BCUT2D eigenvalue weighted by atomic mass is 9.88. The first-order valence-electron chi connectivity index (χ1n) is 8.23. The highest BCUT2D eigenvalue weighted by Gasteiger charge is 2.35. The van der Waals surface area contributed by atoms with Crippen molar-refractivity contribution in [2.75, 3.05) is 7.05 Å². The molecule has 1 aromatic carbocycles. The number of hydrogen-bond donors (Lipinski definition) is 1. The number of para-hydroxylation sites is 1. The molecule has 0 bridgehead atoms. The lowest BCUT2D eigenvalue weighted by Gasteiger charge is -2.39. The van der Waals surface area contributed by atoms with Gasteiger partial charge in [-0.2, -0.15) is 0 Å². The summed E-state index contributed by atoms with van der Waals surface area (Å²) in [6.45, 7) is 0.785. The van der Waals surface area contributed by atoms with Gasteiger partial charge in [-0.25, -0.2) is 0 Å². The van der Waals surface area contributed by atoms with Crippen LogP contribution in [0.5, 0.6) is 5.75 Å². The van der Waals surface area contributed by atoms with Gasteiger partial charge >= 0.3 is 0 Å². The molecule has 0 radical (unpaired) electrons. The van der Waals surface area contributed by atoms with Crippen molar-refractivity contribution >= 4 is 0 Å². The summed E-state index contributed by atoms with van der Waals surface area (Å²) in [5, 5.41) is 10.8. The van der Waals surface area contributed by atoms with Gasteiger partial charge in [0, 0.05) is 25.0 Å². The molecule has 3 atom stereocenters. The molecule has 1 aliphatic carbocycles. The molecule has 4 nitrogen and oxygen atoms in total. The van der Waals surface area contributed by atoms with Gasteiger partial charge < -0.3 is 9.84 Å². The summed E-state index contributed by atoms with van der Waals surface area (Å²) in [6.07, 6.45) is 5.99. The second-order valence-electron chi connectivity index (χ2n) is 6.23. The third-order valence-corrected chi connectivity index (χ3v) is 4.52. The summed E-state index contributed by atoms with van der Waals surface area (Å²) in [5.74, 6) is 0.826. The van der Waals surface area contributed by atoms with E-state index in [4.69, 9.17) is 4.74 Å². The van der Waals surface area contributed by atoms with Gasteiger partial charge in [-0.1, -0.05) is 24.3 Å². The molecule has 0 aliphatic heterocycles. The summed E-state index contributed by atoms with van der Waals surface area (Å²) in [6, 6.07) is 13.9. The number of likely N-dealkylation sites (N-methyl/N-ethyl adjacent to an activating group) is 1. The van der Waals surface area contributed by atoms with Crippen LogP contribution in [0.1, 0.15) is 24.8 Å². The molecule has 122 valence electrons. The van der Waals surface area contributed by atoms with E-state index in [1.807, 2.05) is 42.6 Å². The van der Waals surface area contributed by atoms with Crippen LogP contribution in [0.3, 0.4) is 0 Å². The maximum absolute atomic E-state index is 10.8. The van der Waals surface area contributed by atoms with Crippen LogP contribution in [0.4, 0.5) is 0 Å². The Morgan fingerprint density at radius 1 is 1.17 bits per heavy atom. The summed E-state index contributed by atoms with van der Waals surface area (Å²) in [7, 11) is 2.06. The molecule has 1 heterocycles. The minimum atomic E-state index is -0.481. The minimum Gasteiger partial charge on any atom is -0.488 e. The molecule has 4 heteroatoms. The average Bonchev–Trinajstić information content (AvgIpc) is 2.58. The van der Waals surface area contributed by atoms with E-state index in [0.29, 0.717) is 0 Å². The number of rotatable bonds is 5. The largest absolute Gasteiger partial charge is 0.488 e. The second kappa shape index (κ2) is 7.57. The highest BCUT2D eigenvalue weighted by molar-refractivity contribution is 5.21. The first-order chi connectivity index (χ1) is 11.2. The summed E-state index contributed by atoms with van der Waals surface area (Å²) >= 11 is 0. The molecule has 0 amide bonds. The molecular weight excluding hydrogens is 288 g/mol. The second-order valence-corrected chi connectivity index (χ2v) is 6.23. The molecule has 1 fully saturated rings. The predicted octanol–water partition coefficient (Wildman–Crippen LogP) is 2.87. The van der Waals surface area contributed by atoms with Crippen LogP contribution < -0.4 is 4.74 Å². The van der Waals surface area contributed by atoms with Crippen molar-refractivity contribution in [3.05, 3.63) is 60.4 Å². The standard InChI is InChI=1S/C19H24N2O2/c1-21(14-15-7-6-12-20-13-15)17-10-5-11-18(19(17)22)23-16-8-3-2-4-9-16/h2-4,6-9,12-13,17-19,22H,5,10-11,14H2,1H3/t17-,18+,19+/m1/s1. The fourth-order valence-corrected chi connectivity index (χ4v) is 3.30. The van der Waals surface area contributed by atoms with Gasteiger partial charge in [0.25, 0.3) is 0 Å². The van der Waals surface area contributed by atoms with E-state index in [1.54, 1.807) is 6.20 Å². The van der Waals surface area contributed by atoms with Gasteiger partial charge in [-0.15, -0.1) is 0 Å². The van der Waals surface area contributed by atoms with Crippen molar-refractivity contribution < 1.29 is 9.84 Å². The molecule has 0 unspecified atom stereocenters. The number of aliphatic hydroxyl groups is 1. The number of ether oxygens (including phenoxy) is 1. The molecule has 1 N–H and O–H groups in total. The van der Waals surface area contributed by atoms with Crippen molar-refractivity contribution in [1.29, 1.82) is 0 Å². The molecule has 0 saturated heterocycles. The van der Waals surface area contributed by atoms with Crippen LogP contribution in [-0.4, -0.2) is 40.3 Å². The summed E-state index contributed by atoms with van der Waals surface area (Å²) < 4.78 is 6.01. The SMILES string of the molecule is CN(Cc1cccnc1)[C@@H]1CCC[C@H](Oc2ccccc2)[C@H]1O. The summed E-state index contributed by atoms with van der Waals surface area (Å²) in [4.78, 5) is 6.37. The Balaban J connectivity index is 1.63. The van der Waals surface area contributed by atoms with Crippen molar-refractivity contribution in [1.82, 2.24) is 9.88 Å². The molecule has 23 heavy (non-hydrogen) atoms. The van der Waals surface area contributed by atoms with Crippen LogP contribution >= 0.6 is 0 Å². The fraction of sp³-hybridized carbons (Fsp3) is 0.421. The molecule has 2 aromatic rings. The molecule has 1 aliphatic rings. The first-order valence-corrected chi connectivity index (χ1v) is 8.23. The lowest BCUT2D eigenvalue weighted by molar-refractivity contribution is -0.0491. The number of hydrogen-bond acceptors (Lipinski definition) is 4. The maximum atomic E-state index is 10.8. The smallest absolute Gasteiger partial charge is 0.126 e. The third kappa shape index (κ3) is 4.09. The van der Waals surface area contributed by atoms with Crippen LogP contribution in [-0.2, 0) is 6.54 Å². The van der Waals surface area contributed by atoms with Gasteiger partial charge in [-0.05, 0) is 50.1 Å². The van der Waals surface area contributed by atoms with Crippen molar-refractivity contribution in [3.8, 4) is 5.75 Å². The Kier molecular flexibility index (Phi) is 5.26. The van der Waals surface area contributed by atoms with E-state index in [1.165, 1.54) is 0 Å². The molecule has 1 aromatic heterocycles. The molecule has 0 spiro atoms. The van der Waals surface area contributed by atoms with Crippen LogP contribution in [0, 0.1) is 0 Å². The molecule has 3 rings (SSSR count). The van der Waals surface area contributed by atoms with E-state index in [2.05, 4.69) is 23.0 Å². The average molecular weight is 312 g/mol. The Hall–Kier alpha value is -1.91. The number of benzene rings is 1. The van der Waals surface area contributed by atoms with Crippen molar-refractivity contribution in [2.24, 2.45) is 0 Å². The van der Waals surface area contributed by atoms with Gasteiger partial charge in [-0.3, -0.25) is 9.88 Å². The fourth-order valence-electron chi connectivity index (χ4n) is 3.30. The Morgan fingerprint density at radius 2 is 2.00 bits per heavy atom. The maximum Gasteiger partial charge on any atom is 0.126 e. The number of aliphatic hydroxyl groups excluding tert-OH is 1. The predicted molar refractivity (Wildman–Crippen MR) is 90.2 cm³/mol. The molecule has 1 saturated carbocycles. The van der Waals surface area contributed by atoms with E-state index in [0.717, 1.165) is 37.1 Å². The monoisotopic (exact) mass is 312 g/mol. The zero-order valence-corrected chi connectivity index (χ0v) is 13.5. The van der Waals surface area contributed by atoms with Gasteiger partial charge in [0.15, 0.2) is 0 Å². The lowest BCUT2D eigenvalue weighted by Crippen LogP contribution is -2.51. The number of pyridine rings is 1. The Bertz CT molecular complexity index is 591. The quantitative estimate of drug-likeness (QED) is 0.922. The summed E-state index contributed by atoms with van der Waals surface area (Å²) in [5.41, 5.74) is 1.16. The Morgan fingerprint density at radius 3 is 2.74 bits per heavy atom. The van der Waals surface area contributed by atoms with E-state index in [9.17, 15) is 5.11 Å². The number of aromatic nitrogens is 1. The van der Waals surface area contributed by atoms with Crippen molar-refractivity contribution in [2.45, 2.75) is 44.1 Å². The van der Waals surface area contributed by atoms with Gasteiger partial charge in [0.05, 0.1) is 0 Å². The van der Waals surface area contributed by atoms with E-state index in [-0.39, 0.29) is 12.1 Å². The van der Waals surface area contributed by atoms with E-state index >= 15 is 0 Å². The zero-order chi connectivity index (χ0) is 16.1. The van der Waals surface area contributed by atoms with Crippen LogP contribution in [0.2, 0.25) is 0 Å². The Labute approximate surface area is 137 Å². The van der Waals surface area contributed by atoms with Crippen molar-refractivity contribution in [3.63, 3.8) is 0 Å². The van der Waals surface area contributed by atoms with E-state index < -0.39 is 6.10 Å². The van der Waals surface area contributed by atoms with Crippen LogP contribution in [0.15, 0.2) is 54.9 Å².